The maximum absolute atomic E-state index is 13.8. The van der Waals surface area contributed by atoms with Gasteiger partial charge in [0.1, 0.15) is 5.82 Å². The largest absolute Gasteiger partial charge is 0.481 e. The maximum Gasteiger partial charge on any atom is 0.416 e. The van der Waals surface area contributed by atoms with Gasteiger partial charge in [0.2, 0.25) is 0 Å². The number of benzene rings is 3. The molecule has 1 atom stereocenters. The van der Waals surface area contributed by atoms with Gasteiger partial charge < -0.3 is 5.11 Å². The van der Waals surface area contributed by atoms with Crippen molar-refractivity contribution in [2.45, 2.75) is 51.2 Å². The molecule has 0 aliphatic carbocycles. The molecule has 37 heavy (non-hydrogen) atoms. The molecule has 0 saturated carbocycles. The molecule has 3 nitrogen and oxygen atoms in total. The van der Waals surface area contributed by atoms with Crippen molar-refractivity contribution in [1.82, 2.24) is 4.90 Å². The van der Waals surface area contributed by atoms with Crippen LogP contribution in [0.2, 0.25) is 0 Å². The van der Waals surface area contributed by atoms with Crippen LogP contribution in [-0.2, 0) is 16.4 Å². The Morgan fingerprint density at radius 2 is 1.49 bits per heavy atom. The molecule has 1 fully saturated rings. The standard InChI is InChI=1S/C30H31F4NO2/c1-19-14-16-35(17-15-19)27(21-6-11-24(31)12-7-21)25-13-10-23(29(2,3)28(36)37)18-26(25)20-4-8-22(9-5-20)30(32,33)34/h4-13,18-19,27H,14-17H2,1-3H3,(H,36,37). The Morgan fingerprint density at radius 1 is 0.919 bits per heavy atom. The zero-order valence-electron chi connectivity index (χ0n) is 21.1. The van der Waals surface area contributed by atoms with Crippen LogP contribution in [0.4, 0.5) is 17.6 Å². The summed E-state index contributed by atoms with van der Waals surface area (Å²) in [6, 6.07) is 16.4. The molecule has 1 unspecified atom stereocenters. The van der Waals surface area contributed by atoms with Crippen LogP contribution in [0.25, 0.3) is 11.1 Å². The van der Waals surface area contributed by atoms with Crippen LogP contribution >= 0.6 is 0 Å². The maximum atomic E-state index is 13.8. The number of rotatable bonds is 6. The Labute approximate surface area is 214 Å². The molecule has 1 N–H and O–H groups in total. The number of nitrogens with zero attached hydrogens (tertiary/aromatic N) is 1. The number of carboxylic acids is 1. The van der Waals surface area contributed by atoms with Gasteiger partial charge in [-0.15, -0.1) is 0 Å². The zero-order chi connectivity index (χ0) is 27.0. The van der Waals surface area contributed by atoms with Gasteiger partial charge in [0.05, 0.1) is 17.0 Å². The molecule has 4 rings (SSSR count). The van der Waals surface area contributed by atoms with E-state index in [0.29, 0.717) is 22.6 Å². The minimum Gasteiger partial charge on any atom is -0.481 e. The Bertz CT molecular complexity index is 1240. The summed E-state index contributed by atoms with van der Waals surface area (Å²) in [5.74, 6) is -0.770. The second-order valence-corrected chi connectivity index (χ2v) is 10.5. The number of halogens is 4. The minimum atomic E-state index is -4.46. The lowest BCUT2D eigenvalue weighted by molar-refractivity contribution is -0.142. The number of alkyl halides is 3. The molecule has 0 spiro atoms. The average molecular weight is 514 g/mol. The lowest BCUT2D eigenvalue weighted by Crippen LogP contribution is -2.37. The van der Waals surface area contributed by atoms with Crippen LogP contribution in [-0.4, -0.2) is 29.1 Å². The van der Waals surface area contributed by atoms with E-state index in [0.717, 1.165) is 49.2 Å². The highest BCUT2D eigenvalue weighted by atomic mass is 19.4. The van der Waals surface area contributed by atoms with Crippen molar-refractivity contribution in [2.75, 3.05) is 13.1 Å². The highest BCUT2D eigenvalue weighted by Gasteiger charge is 2.34. The number of piperidine rings is 1. The van der Waals surface area contributed by atoms with Crippen molar-refractivity contribution >= 4 is 5.97 Å². The first-order chi connectivity index (χ1) is 17.4. The van der Waals surface area contributed by atoms with Gasteiger partial charge in [-0.05, 0) is 104 Å². The number of aliphatic carboxylic acids is 1. The summed E-state index contributed by atoms with van der Waals surface area (Å²) in [5.41, 5.74) is 1.52. The molecule has 0 bridgehead atoms. The van der Waals surface area contributed by atoms with Crippen LogP contribution in [0, 0.1) is 11.7 Å². The topological polar surface area (TPSA) is 40.5 Å². The van der Waals surface area contributed by atoms with Crippen molar-refractivity contribution in [3.8, 4) is 11.1 Å². The first-order valence-electron chi connectivity index (χ1n) is 12.4. The second kappa shape index (κ2) is 10.3. The van der Waals surface area contributed by atoms with Crippen molar-refractivity contribution in [3.05, 3.63) is 94.8 Å². The summed E-state index contributed by atoms with van der Waals surface area (Å²) >= 11 is 0. The quantitative estimate of drug-likeness (QED) is 0.344. The molecular formula is C30H31F4NO2. The highest BCUT2D eigenvalue weighted by Crippen LogP contribution is 2.41. The van der Waals surface area contributed by atoms with Gasteiger partial charge in [0.15, 0.2) is 0 Å². The molecule has 1 saturated heterocycles. The van der Waals surface area contributed by atoms with Crippen LogP contribution in [0.15, 0.2) is 66.7 Å². The van der Waals surface area contributed by atoms with E-state index in [1.165, 1.54) is 24.3 Å². The number of carboxylic acid groups (broad SMARTS) is 1. The molecule has 1 aliphatic heterocycles. The zero-order valence-corrected chi connectivity index (χ0v) is 21.1. The molecule has 0 amide bonds. The lowest BCUT2D eigenvalue weighted by Gasteiger charge is -2.38. The summed E-state index contributed by atoms with van der Waals surface area (Å²) < 4.78 is 53.6. The van der Waals surface area contributed by atoms with E-state index < -0.39 is 23.1 Å². The predicted octanol–water partition coefficient (Wildman–Crippen LogP) is 7.70. The second-order valence-electron chi connectivity index (χ2n) is 10.5. The Morgan fingerprint density at radius 3 is 2.03 bits per heavy atom. The third kappa shape index (κ3) is 5.72. The molecule has 3 aromatic rings. The normalized spacial score (nSPS) is 16.5. The summed E-state index contributed by atoms with van der Waals surface area (Å²) in [7, 11) is 0. The predicted molar refractivity (Wildman–Crippen MR) is 136 cm³/mol. The molecule has 196 valence electrons. The van der Waals surface area contributed by atoms with Crippen LogP contribution in [0.3, 0.4) is 0 Å². The van der Waals surface area contributed by atoms with Crippen LogP contribution < -0.4 is 0 Å². The van der Waals surface area contributed by atoms with Gasteiger partial charge >= 0.3 is 12.1 Å². The summed E-state index contributed by atoms with van der Waals surface area (Å²) in [6.07, 6.45) is -2.47. The van der Waals surface area contributed by atoms with E-state index in [1.54, 1.807) is 38.1 Å². The molecule has 0 aromatic heterocycles. The third-order valence-corrected chi connectivity index (χ3v) is 7.50. The van der Waals surface area contributed by atoms with Crippen molar-refractivity contribution in [2.24, 2.45) is 5.92 Å². The van der Waals surface area contributed by atoms with Crippen molar-refractivity contribution < 1.29 is 27.5 Å². The third-order valence-electron chi connectivity index (χ3n) is 7.50. The van der Waals surface area contributed by atoms with Crippen LogP contribution in [0.5, 0.6) is 0 Å². The van der Waals surface area contributed by atoms with E-state index in [9.17, 15) is 27.5 Å². The van der Waals surface area contributed by atoms with Gasteiger partial charge in [0.25, 0.3) is 0 Å². The first kappa shape index (κ1) is 26.9. The van der Waals surface area contributed by atoms with E-state index in [-0.39, 0.29) is 11.9 Å². The number of hydrogen-bond donors (Lipinski definition) is 1. The molecule has 7 heteroatoms. The molecule has 1 heterocycles. The van der Waals surface area contributed by atoms with Gasteiger partial charge in [-0.25, -0.2) is 4.39 Å². The van der Waals surface area contributed by atoms with Crippen molar-refractivity contribution in [1.29, 1.82) is 0 Å². The van der Waals surface area contributed by atoms with Crippen molar-refractivity contribution in [3.63, 3.8) is 0 Å². The summed E-state index contributed by atoms with van der Waals surface area (Å²) in [4.78, 5) is 14.3. The fourth-order valence-electron chi connectivity index (χ4n) is 4.91. The average Bonchev–Trinajstić information content (AvgIpc) is 2.86. The number of likely N-dealkylation sites (tertiary alicyclic amines) is 1. The monoisotopic (exact) mass is 513 g/mol. The Hall–Kier alpha value is -3.19. The SMILES string of the molecule is CC1CCN(C(c2ccc(F)cc2)c2ccc(C(C)(C)C(=O)O)cc2-c2ccc(C(F)(F)F)cc2)CC1. The minimum absolute atomic E-state index is 0.271. The first-order valence-corrected chi connectivity index (χ1v) is 12.4. The Balaban J connectivity index is 1.91. The molecule has 1 aliphatic rings. The van der Waals surface area contributed by atoms with Gasteiger partial charge in [-0.1, -0.05) is 43.3 Å². The Kier molecular flexibility index (Phi) is 7.47. The summed E-state index contributed by atoms with van der Waals surface area (Å²) in [6.45, 7) is 7.05. The smallest absolute Gasteiger partial charge is 0.416 e. The van der Waals surface area contributed by atoms with E-state index in [1.807, 2.05) is 6.07 Å². The van der Waals surface area contributed by atoms with E-state index in [4.69, 9.17) is 0 Å². The van der Waals surface area contributed by atoms with Crippen LogP contribution in [0.1, 0.15) is 61.9 Å². The van der Waals surface area contributed by atoms with Gasteiger partial charge in [-0.2, -0.15) is 13.2 Å². The molecular weight excluding hydrogens is 482 g/mol. The summed E-state index contributed by atoms with van der Waals surface area (Å²) in [5, 5.41) is 9.82. The van der Waals surface area contributed by atoms with E-state index >= 15 is 0 Å². The highest BCUT2D eigenvalue weighted by molar-refractivity contribution is 5.82. The fraction of sp³-hybridized carbons (Fsp3) is 0.367. The fourth-order valence-corrected chi connectivity index (χ4v) is 4.91. The van der Waals surface area contributed by atoms with E-state index in [2.05, 4.69) is 11.8 Å². The molecule has 3 aromatic carbocycles. The number of hydrogen-bond acceptors (Lipinski definition) is 2. The van der Waals surface area contributed by atoms with Gasteiger partial charge in [0, 0.05) is 0 Å². The molecule has 0 radical (unpaired) electrons. The van der Waals surface area contributed by atoms with Gasteiger partial charge in [-0.3, -0.25) is 9.69 Å². The lowest BCUT2D eigenvalue weighted by atomic mass is 9.80. The number of carbonyl (C=O) groups is 1.